The zero-order valence-electron chi connectivity index (χ0n) is 11.5. The van der Waals surface area contributed by atoms with Crippen LogP contribution in [0.3, 0.4) is 0 Å². The Kier molecular flexibility index (Phi) is 3.09. The average molecular weight is 305 g/mol. The van der Waals surface area contributed by atoms with Crippen molar-refractivity contribution in [3.05, 3.63) is 71.7 Å². The molecule has 3 nitrogen and oxygen atoms in total. The summed E-state index contributed by atoms with van der Waals surface area (Å²) in [5.74, 6) is 0.221. The molecule has 4 rings (SSSR count). The highest BCUT2D eigenvalue weighted by atomic mass is 32.1. The lowest BCUT2D eigenvalue weighted by Gasteiger charge is -2.07. The maximum absolute atomic E-state index is 12.4. The van der Waals surface area contributed by atoms with E-state index in [2.05, 4.69) is 4.98 Å². The number of aromatic nitrogens is 1. The number of hydrogen-bond acceptors (Lipinski definition) is 4. The number of rotatable bonds is 2. The molecular weight excluding hydrogens is 294 g/mol. The number of carbonyl (C=O) groups is 1. The number of fused-ring (bicyclic) bond motifs is 2. The molecule has 0 unspecified atom stereocenters. The number of nitrogens with zero attached hydrogens (tertiary/aromatic N) is 1. The van der Waals surface area contributed by atoms with E-state index in [1.807, 2.05) is 54.6 Å². The van der Waals surface area contributed by atoms with Crippen molar-refractivity contribution in [2.45, 2.75) is 0 Å². The second-order valence-corrected chi connectivity index (χ2v) is 5.79. The monoisotopic (exact) mass is 305 g/mol. The number of carbonyl (C=O) groups excluding carboxylic acids is 1. The van der Waals surface area contributed by atoms with Gasteiger partial charge in [-0.25, -0.2) is 9.78 Å². The highest BCUT2D eigenvalue weighted by Gasteiger charge is 2.12. The number of esters is 1. The Morgan fingerprint density at radius 2 is 1.86 bits per heavy atom. The van der Waals surface area contributed by atoms with Crippen LogP contribution in [-0.4, -0.2) is 11.0 Å². The van der Waals surface area contributed by atoms with Crippen molar-refractivity contribution < 1.29 is 9.53 Å². The van der Waals surface area contributed by atoms with Crippen molar-refractivity contribution in [2.24, 2.45) is 0 Å². The van der Waals surface area contributed by atoms with Gasteiger partial charge in [0.05, 0.1) is 21.3 Å². The Morgan fingerprint density at radius 3 is 2.82 bits per heavy atom. The quantitative estimate of drug-likeness (QED) is 0.399. The fourth-order valence-corrected chi connectivity index (χ4v) is 3.14. The molecule has 106 valence electrons. The van der Waals surface area contributed by atoms with Gasteiger partial charge in [-0.3, -0.25) is 0 Å². The minimum absolute atomic E-state index is 0.355. The van der Waals surface area contributed by atoms with Crippen LogP contribution in [0, 0.1) is 0 Å². The predicted molar refractivity (Wildman–Crippen MR) is 88.5 cm³/mol. The standard InChI is InChI=1S/C18H11NO2S/c20-18(13-8-9-15-17(10-13)22-11-19-15)21-16-7-3-5-12-4-1-2-6-14(12)16/h1-11H. The van der Waals surface area contributed by atoms with E-state index in [-0.39, 0.29) is 5.97 Å². The maximum Gasteiger partial charge on any atom is 0.343 e. The number of hydrogen-bond donors (Lipinski definition) is 0. The van der Waals surface area contributed by atoms with Crippen molar-refractivity contribution in [3.8, 4) is 5.75 Å². The van der Waals surface area contributed by atoms with E-state index in [1.165, 1.54) is 11.3 Å². The van der Waals surface area contributed by atoms with E-state index in [4.69, 9.17) is 4.74 Å². The summed E-state index contributed by atoms with van der Waals surface area (Å²) >= 11 is 1.51. The SMILES string of the molecule is O=C(Oc1cccc2ccccc12)c1ccc2ncsc2c1. The molecule has 4 heteroatoms. The molecule has 0 aliphatic heterocycles. The minimum Gasteiger partial charge on any atom is -0.422 e. The van der Waals surface area contributed by atoms with Crippen LogP contribution < -0.4 is 4.74 Å². The van der Waals surface area contributed by atoms with Crippen LogP contribution in [0.4, 0.5) is 0 Å². The molecule has 3 aromatic carbocycles. The molecule has 0 bridgehead atoms. The van der Waals surface area contributed by atoms with Crippen molar-refractivity contribution in [1.29, 1.82) is 0 Å². The number of ether oxygens (including phenoxy) is 1. The van der Waals surface area contributed by atoms with Gasteiger partial charge in [-0.2, -0.15) is 0 Å². The summed E-state index contributed by atoms with van der Waals surface area (Å²) in [5, 5.41) is 1.97. The summed E-state index contributed by atoms with van der Waals surface area (Å²) in [6.45, 7) is 0. The van der Waals surface area contributed by atoms with E-state index in [9.17, 15) is 4.79 Å². The van der Waals surface area contributed by atoms with E-state index in [1.54, 1.807) is 11.6 Å². The van der Waals surface area contributed by atoms with Gasteiger partial charge in [0.25, 0.3) is 0 Å². The van der Waals surface area contributed by atoms with Gasteiger partial charge in [-0.15, -0.1) is 11.3 Å². The predicted octanol–water partition coefficient (Wildman–Crippen LogP) is 4.67. The summed E-state index contributed by atoms with van der Waals surface area (Å²) in [6.07, 6.45) is 0. The fourth-order valence-electron chi connectivity index (χ4n) is 2.43. The van der Waals surface area contributed by atoms with Gasteiger partial charge in [0.2, 0.25) is 0 Å². The lowest BCUT2D eigenvalue weighted by atomic mass is 10.1. The van der Waals surface area contributed by atoms with Gasteiger partial charge in [-0.05, 0) is 29.7 Å². The molecule has 0 atom stereocenters. The van der Waals surface area contributed by atoms with Crippen molar-refractivity contribution in [1.82, 2.24) is 4.98 Å². The first-order valence-electron chi connectivity index (χ1n) is 6.84. The van der Waals surface area contributed by atoms with Crippen LogP contribution in [-0.2, 0) is 0 Å². The fraction of sp³-hybridized carbons (Fsp3) is 0. The lowest BCUT2D eigenvalue weighted by Crippen LogP contribution is -2.08. The Labute approximate surface area is 130 Å². The Hall–Kier alpha value is -2.72. The first-order chi connectivity index (χ1) is 10.8. The number of thiazole rings is 1. The smallest absolute Gasteiger partial charge is 0.343 e. The molecule has 22 heavy (non-hydrogen) atoms. The molecule has 1 aromatic heterocycles. The van der Waals surface area contributed by atoms with E-state index in [0.29, 0.717) is 11.3 Å². The molecule has 0 saturated carbocycles. The summed E-state index contributed by atoms with van der Waals surface area (Å²) < 4.78 is 6.56. The molecule has 0 radical (unpaired) electrons. The zero-order chi connectivity index (χ0) is 14.9. The van der Waals surface area contributed by atoms with Crippen molar-refractivity contribution in [2.75, 3.05) is 0 Å². The van der Waals surface area contributed by atoms with Crippen molar-refractivity contribution in [3.63, 3.8) is 0 Å². The lowest BCUT2D eigenvalue weighted by molar-refractivity contribution is 0.0737. The van der Waals surface area contributed by atoms with E-state index in [0.717, 1.165) is 21.0 Å². The third-order valence-corrected chi connectivity index (χ3v) is 4.31. The average Bonchev–Trinajstić information content (AvgIpc) is 3.02. The summed E-state index contributed by atoms with van der Waals surface area (Å²) in [6, 6.07) is 18.9. The highest BCUT2D eigenvalue weighted by molar-refractivity contribution is 7.16. The highest BCUT2D eigenvalue weighted by Crippen LogP contribution is 2.26. The molecule has 0 aliphatic carbocycles. The molecule has 0 aliphatic rings. The second kappa shape index (κ2) is 5.24. The zero-order valence-corrected chi connectivity index (χ0v) is 12.3. The third kappa shape index (κ3) is 2.23. The topological polar surface area (TPSA) is 39.2 Å². The molecular formula is C18H11NO2S. The molecule has 0 amide bonds. The van der Waals surface area contributed by atoms with Crippen LogP contribution in [0.1, 0.15) is 10.4 Å². The third-order valence-electron chi connectivity index (χ3n) is 3.52. The molecule has 0 spiro atoms. The Bertz CT molecular complexity index is 985. The van der Waals surface area contributed by atoms with Gasteiger partial charge in [0, 0.05) is 5.39 Å². The molecule has 0 N–H and O–H groups in total. The molecule has 1 heterocycles. The first kappa shape index (κ1) is 13.0. The Balaban J connectivity index is 1.71. The minimum atomic E-state index is -0.355. The van der Waals surface area contributed by atoms with Crippen LogP contribution in [0.25, 0.3) is 21.0 Å². The molecule has 0 saturated heterocycles. The summed E-state index contributed by atoms with van der Waals surface area (Å²) in [5.41, 5.74) is 3.20. The van der Waals surface area contributed by atoms with Gasteiger partial charge in [0.15, 0.2) is 0 Å². The molecule has 4 aromatic rings. The van der Waals surface area contributed by atoms with E-state index >= 15 is 0 Å². The van der Waals surface area contributed by atoms with Crippen LogP contribution in [0.2, 0.25) is 0 Å². The maximum atomic E-state index is 12.4. The van der Waals surface area contributed by atoms with Gasteiger partial charge >= 0.3 is 5.97 Å². The molecule has 0 fully saturated rings. The van der Waals surface area contributed by atoms with Gasteiger partial charge in [0.1, 0.15) is 5.75 Å². The van der Waals surface area contributed by atoms with Gasteiger partial charge in [-0.1, -0.05) is 36.4 Å². The van der Waals surface area contributed by atoms with E-state index < -0.39 is 0 Å². The normalized spacial score (nSPS) is 10.9. The van der Waals surface area contributed by atoms with Crippen LogP contribution in [0.15, 0.2) is 66.2 Å². The summed E-state index contributed by atoms with van der Waals surface area (Å²) in [4.78, 5) is 16.6. The number of benzene rings is 3. The van der Waals surface area contributed by atoms with Crippen molar-refractivity contribution >= 4 is 38.3 Å². The Morgan fingerprint density at radius 1 is 1.00 bits per heavy atom. The summed E-state index contributed by atoms with van der Waals surface area (Å²) in [7, 11) is 0. The van der Waals surface area contributed by atoms with Crippen LogP contribution >= 0.6 is 11.3 Å². The van der Waals surface area contributed by atoms with Gasteiger partial charge < -0.3 is 4.74 Å². The first-order valence-corrected chi connectivity index (χ1v) is 7.72. The second-order valence-electron chi connectivity index (χ2n) is 4.90. The largest absolute Gasteiger partial charge is 0.422 e. The van der Waals surface area contributed by atoms with Crippen LogP contribution in [0.5, 0.6) is 5.75 Å².